The first-order valence-electron chi connectivity index (χ1n) is 7.68. The molecule has 0 unspecified atom stereocenters. The third-order valence-corrected chi connectivity index (χ3v) is 4.22. The molecule has 0 bridgehead atoms. The van der Waals surface area contributed by atoms with E-state index in [-0.39, 0.29) is 0 Å². The monoisotopic (exact) mass is 324 g/mol. The number of benzene rings is 2. The van der Waals surface area contributed by atoms with Crippen molar-refractivity contribution in [1.29, 1.82) is 5.26 Å². The number of hydrogen-bond acceptors (Lipinski definition) is 4. The van der Waals surface area contributed by atoms with Gasteiger partial charge in [-0.15, -0.1) is 0 Å². The summed E-state index contributed by atoms with van der Waals surface area (Å²) in [6, 6.07) is 13.6. The lowest BCUT2D eigenvalue weighted by molar-refractivity contribution is 0.100. The number of primary amides is 1. The number of halogens is 1. The number of rotatable bonds is 3. The van der Waals surface area contributed by atoms with Crippen molar-refractivity contribution in [2.45, 2.75) is 0 Å². The molecule has 0 aromatic heterocycles. The smallest absolute Gasteiger partial charge is 0.248 e. The van der Waals surface area contributed by atoms with E-state index in [0.29, 0.717) is 11.1 Å². The lowest BCUT2D eigenvalue weighted by Crippen LogP contribution is -2.46. The largest absolute Gasteiger partial charge is 0.368 e. The normalized spacial score (nSPS) is 14.3. The summed E-state index contributed by atoms with van der Waals surface area (Å²) in [5.74, 6) is -0.838. The summed E-state index contributed by atoms with van der Waals surface area (Å²) >= 11 is 0. The van der Waals surface area contributed by atoms with Crippen LogP contribution < -0.4 is 15.5 Å². The minimum absolute atomic E-state index is 0.356. The van der Waals surface area contributed by atoms with Crippen LogP contribution in [-0.2, 0) is 0 Å². The zero-order chi connectivity index (χ0) is 17.1. The molecule has 2 N–H and O–H groups in total. The average molecular weight is 324 g/mol. The van der Waals surface area contributed by atoms with Crippen LogP contribution in [0.25, 0.3) is 0 Å². The average Bonchev–Trinajstić information content (AvgIpc) is 2.62. The first kappa shape index (κ1) is 15.8. The molecule has 1 saturated heterocycles. The minimum Gasteiger partial charge on any atom is -0.368 e. The Hall–Kier alpha value is -3.07. The Balaban J connectivity index is 1.70. The van der Waals surface area contributed by atoms with Crippen molar-refractivity contribution in [3.05, 3.63) is 59.4 Å². The second-order valence-electron chi connectivity index (χ2n) is 5.66. The number of carbonyl (C=O) groups excluding carboxylic acids is 1. The van der Waals surface area contributed by atoms with E-state index in [0.717, 1.165) is 37.6 Å². The van der Waals surface area contributed by atoms with Crippen molar-refractivity contribution in [2.75, 3.05) is 36.0 Å². The maximum absolute atomic E-state index is 13.3. The molecule has 0 atom stereocenters. The van der Waals surface area contributed by atoms with Crippen LogP contribution in [0, 0.1) is 17.1 Å². The zero-order valence-electron chi connectivity index (χ0n) is 13.1. The SMILES string of the molecule is N#Cc1cc(F)ccc1N1CCN(c2ccc(C(N)=O)cc2)CC1. The van der Waals surface area contributed by atoms with Crippen molar-refractivity contribution in [1.82, 2.24) is 0 Å². The van der Waals surface area contributed by atoms with Crippen LogP contribution in [0.3, 0.4) is 0 Å². The van der Waals surface area contributed by atoms with Crippen LogP contribution in [0.1, 0.15) is 15.9 Å². The molecular formula is C18H17FN4O. The molecule has 1 aliphatic rings. The molecule has 0 spiro atoms. The Bertz CT molecular complexity index is 790. The molecule has 0 aliphatic carbocycles. The van der Waals surface area contributed by atoms with Crippen LogP contribution in [0.2, 0.25) is 0 Å². The maximum Gasteiger partial charge on any atom is 0.248 e. The van der Waals surface area contributed by atoms with E-state index in [1.165, 1.54) is 12.1 Å². The number of piperazine rings is 1. The Morgan fingerprint density at radius 1 is 1.04 bits per heavy atom. The van der Waals surface area contributed by atoms with Gasteiger partial charge < -0.3 is 15.5 Å². The van der Waals surface area contributed by atoms with Gasteiger partial charge in [0, 0.05) is 37.4 Å². The van der Waals surface area contributed by atoms with Crippen molar-refractivity contribution in [3.63, 3.8) is 0 Å². The van der Waals surface area contributed by atoms with Gasteiger partial charge in [0.25, 0.3) is 0 Å². The van der Waals surface area contributed by atoms with Gasteiger partial charge in [-0.1, -0.05) is 0 Å². The van der Waals surface area contributed by atoms with Gasteiger partial charge in [-0.3, -0.25) is 4.79 Å². The summed E-state index contributed by atoms with van der Waals surface area (Å²) < 4.78 is 13.3. The summed E-state index contributed by atoms with van der Waals surface area (Å²) in [4.78, 5) is 15.4. The van der Waals surface area contributed by atoms with E-state index >= 15 is 0 Å². The Morgan fingerprint density at radius 2 is 1.67 bits per heavy atom. The van der Waals surface area contributed by atoms with Crippen LogP contribution in [0.4, 0.5) is 15.8 Å². The van der Waals surface area contributed by atoms with Gasteiger partial charge in [0.15, 0.2) is 0 Å². The fraction of sp³-hybridized carbons (Fsp3) is 0.222. The van der Waals surface area contributed by atoms with Crippen LogP contribution in [0.15, 0.2) is 42.5 Å². The van der Waals surface area contributed by atoms with Crippen molar-refractivity contribution in [3.8, 4) is 6.07 Å². The van der Waals surface area contributed by atoms with Crippen molar-refractivity contribution < 1.29 is 9.18 Å². The van der Waals surface area contributed by atoms with Gasteiger partial charge in [0.2, 0.25) is 5.91 Å². The molecular weight excluding hydrogens is 307 g/mol. The first-order valence-corrected chi connectivity index (χ1v) is 7.68. The van der Waals surface area contributed by atoms with E-state index in [1.807, 2.05) is 12.1 Å². The quantitative estimate of drug-likeness (QED) is 0.938. The van der Waals surface area contributed by atoms with Gasteiger partial charge in [0.1, 0.15) is 11.9 Å². The minimum atomic E-state index is -0.438. The molecule has 2 aromatic carbocycles. The Labute approximate surface area is 139 Å². The lowest BCUT2D eigenvalue weighted by atomic mass is 10.1. The summed E-state index contributed by atoms with van der Waals surface area (Å²) in [6.45, 7) is 3.02. The fourth-order valence-electron chi connectivity index (χ4n) is 2.92. The molecule has 1 heterocycles. The molecule has 0 radical (unpaired) electrons. The first-order chi connectivity index (χ1) is 11.6. The van der Waals surface area contributed by atoms with Crippen LogP contribution in [-0.4, -0.2) is 32.1 Å². The Kier molecular flexibility index (Phi) is 4.34. The predicted octanol–water partition coefficient (Wildman–Crippen LogP) is 2.12. The van der Waals surface area contributed by atoms with E-state index in [4.69, 9.17) is 5.73 Å². The summed E-state index contributed by atoms with van der Waals surface area (Å²) in [6.07, 6.45) is 0. The van der Waals surface area contributed by atoms with Gasteiger partial charge in [-0.05, 0) is 42.5 Å². The molecule has 1 aliphatic heterocycles. The maximum atomic E-state index is 13.3. The molecule has 1 amide bonds. The summed E-state index contributed by atoms with van der Waals surface area (Å²) in [7, 11) is 0. The molecule has 122 valence electrons. The second-order valence-corrected chi connectivity index (χ2v) is 5.66. The van der Waals surface area contributed by atoms with E-state index < -0.39 is 11.7 Å². The molecule has 2 aromatic rings. The van der Waals surface area contributed by atoms with Crippen molar-refractivity contribution in [2.24, 2.45) is 5.73 Å². The van der Waals surface area contributed by atoms with Gasteiger partial charge in [-0.2, -0.15) is 5.26 Å². The topological polar surface area (TPSA) is 73.4 Å². The summed E-state index contributed by atoms with van der Waals surface area (Å²) in [5.41, 5.74) is 7.89. The number of amides is 1. The molecule has 6 heteroatoms. The van der Waals surface area contributed by atoms with Crippen LogP contribution >= 0.6 is 0 Å². The molecule has 5 nitrogen and oxygen atoms in total. The molecule has 24 heavy (non-hydrogen) atoms. The number of anilines is 2. The molecule has 3 rings (SSSR count). The van der Waals surface area contributed by atoms with E-state index in [9.17, 15) is 14.4 Å². The standard InChI is InChI=1S/C18H17FN4O/c19-15-3-6-17(14(11-15)12-20)23-9-7-22(8-10-23)16-4-1-13(2-5-16)18(21)24/h1-6,11H,7-10H2,(H2,21,24). The van der Waals surface area contributed by atoms with Gasteiger partial charge in [0.05, 0.1) is 11.3 Å². The van der Waals surface area contributed by atoms with Crippen molar-refractivity contribution >= 4 is 17.3 Å². The number of hydrogen-bond donors (Lipinski definition) is 1. The lowest BCUT2D eigenvalue weighted by Gasteiger charge is -2.37. The predicted molar refractivity (Wildman–Crippen MR) is 90.5 cm³/mol. The number of nitrogens with two attached hydrogens (primary N) is 1. The zero-order valence-corrected chi connectivity index (χ0v) is 13.1. The van der Waals surface area contributed by atoms with Gasteiger partial charge in [-0.25, -0.2) is 4.39 Å². The number of nitrogens with zero attached hydrogens (tertiary/aromatic N) is 3. The summed E-state index contributed by atoms with van der Waals surface area (Å²) in [5, 5.41) is 9.18. The highest BCUT2D eigenvalue weighted by molar-refractivity contribution is 5.93. The molecule has 0 saturated carbocycles. The number of nitriles is 1. The highest BCUT2D eigenvalue weighted by Crippen LogP contribution is 2.24. The number of carbonyl (C=O) groups is 1. The molecule has 1 fully saturated rings. The fourth-order valence-corrected chi connectivity index (χ4v) is 2.92. The Morgan fingerprint density at radius 3 is 2.25 bits per heavy atom. The third kappa shape index (κ3) is 3.15. The van der Waals surface area contributed by atoms with E-state index in [2.05, 4.69) is 15.9 Å². The second kappa shape index (κ2) is 6.59. The van der Waals surface area contributed by atoms with Gasteiger partial charge >= 0.3 is 0 Å². The highest BCUT2D eigenvalue weighted by atomic mass is 19.1. The third-order valence-electron chi connectivity index (χ3n) is 4.22. The highest BCUT2D eigenvalue weighted by Gasteiger charge is 2.20. The van der Waals surface area contributed by atoms with E-state index in [1.54, 1.807) is 18.2 Å². The van der Waals surface area contributed by atoms with Crippen LogP contribution in [0.5, 0.6) is 0 Å².